The molecule has 0 bridgehead atoms. The molecule has 18 heavy (non-hydrogen) atoms. The maximum Gasteiger partial charge on any atom is 0.387 e. The van der Waals surface area contributed by atoms with E-state index in [0.717, 1.165) is 0 Å². The highest BCUT2D eigenvalue weighted by Gasteiger charge is 2.32. The molecule has 7 heteroatoms. The first-order valence-corrected chi connectivity index (χ1v) is 4.97. The molecule has 0 heterocycles. The van der Waals surface area contributed by atoms with Crippen molar-refractivity contribution in [2.24, 2.45) is 0 Å². The van der Waals surface area contributed by atoms with Crippen molar-refractivity contribution in [2.75, 3.05) is 13.6 Å². The first-order valence-electron chi connectivity index (χ1n) is 4.97. The fourth-order valence-electron chi connectivity index (χ4n) is 1.54. The molecule has 0 saturated carbocycles. The van der Waals surface area contributed by atoms with E-state index in [9.17, 15) is 18.4 Å². The summed E-state index contributed by atoms with van der Waals surface area (Å²) in [5.74, 6) is -1.44. The number of carboxylic acids is 1. The van der Waals surface area contributed by atoms with Gasteiger partial charge < -0.3 is 9.84 Å². The van der Waals surface area contributed by atoms with Gasteiger partial charge in [0.05, 0.1) is 7.05 Å². The summed E-state index contributed by atoms with van der Waals surface area (Å²) in [5.41, 5.74) is 0.0650. The van der Waals surface area contributed by atoms with Crippen molar-refractivity contribution < 1.29 is 28.2 Å². The van der Waals surface area contributed by atoms with Gasteiger partial charge in [0.1, 0.15) is 0 Å². The largest absolute Gasteiger partial charge is 0.477 e. The van der Waals surface area contributed by atoms with Crippen LogP contribution >= 0.6 is 0 Å². The number of rotatable bonds is 6. The quantitative estimate of drug-likeness (QED) is 0.621. The Bertz CT molecular complexity index is 452. The van der Waals surface area contributed by atoms with Crippen LogP contribution in [-0.4, -0.2) is 37.7 Å². The summed E-state index contributed by atoms with van der Waals surface area (Å²) < 4.78 is 28.0. The molecule has 1 aromatic carbocycles. The number of amides is 1. The third-order valence-corrected chi connectivity index (χ3v) is 2.33. The zero-order valence-corrected chi connectivity index (χ0v) is 9.55. The van der Waals surface area contributed by atoms with E-state index in [1.54, 1.807) is 0 Å². The van der Waals surface area contributed by atoms with E-state index in [1.807, 2.05) is 0 Å². The normalized spacial score (nSPS) is 14.0. The predicted octanol–water partition coefficient (Wildman–Crippen LogP) is 1.47. The van der Waals surface area contributed by atoms with Gasteiger partial charge in [-0.15, -0.1) is 0 Å². The average Bonchev–Trinajstić information content (AvgIpc) is 2.27. The van der Waals surface area contributed by atoms with Crippen LogP contribution in [0.1, 0.15) is 0 Å². The number of hydrogen-bond acceptors (Lipinski definition) is 3. The van der Waals surface area contributed by atoms with Crippen molar-refractivity contribution in [3.05, 3.63) is 24.3 Å². The topological polar surface area (TPSA) is 63.6 Å². The summed E-state index contributed by atoms with van der Waals surface area (Å²) in [7, 11) is 1.30. The minimum absolute atomic E-state index is 0.0650. The third kappa shape index (κ3) is 3.24. The lowest BCUT2D eigenvalue weighted by Gasteiger charge is -2.26. The van der Waals surface area contributed by atoms with E-state index >= 15 is 0 Å². The molecule has 1 unspecified atom stereocenters. The smallest absolute Gasteiger partial charge is 0.387 e. The molecule has 1 aromatic rings. The number of aliphatic carboxylic acids is 1. The summed E-state index contributed by atoms with van der Waals surface area (Å²) in [6.07, 6.45) is 0.363. The lowest BCUT2D eigenvalue weighted by Crippen LogP contribution is -2.47. The molecule has 1 N–H and O–H groups in total. The highest BCUT2D eigenvalue weighted by molar-refractivity contribution is 5.82. The fourth-order valence-corrected chi connectivity index (χ4v) is 1.54. The van der Waals surface area contributed by atoms with Crippen molar-refractivity contribution in [3.63, 3.8) is 0 Å². The van der Waals surface area contributed by atoms with Gasteiger partial charge in [-0.2, -0.15) is 8.78 Å². The molecular weight excluding hydrogens is 248 g/mol. The highest BCUT2D eigenvalue weighted by atomic mass is 19.3. The Kier molecular flexibility index (Phi) is 4.33. The van der Waals surface area contributed by atoms with E-state index in [2.05, 4.69) is 4.74 Å². The number of carboxylic acid groups (broad SMARTS) is 1. The maximum absolute atomic E-state index is 12.2. The SMILES string of the molecule is C[N+](C=O)(CC(=O)O)c1ccccc1OC(F)F. The molecule has 1 atom stereocenters. The third-order valence-electron chi connectivity index (χ3n) is 2.33. The van der Waals surface area contributed by atoms with E-state index in [0.29, 0.717) is 6.41 Å². The molecule has 0 spiro atoms. The molecular formula is C11H12F2NO4+. The number of ether oxygens (including phenoxy) is 1. The molecule has 0 fully saturated rings. The maximum atomic E-state index is 12.2. The van der Waals surface area contributed by atoms with Gasteiger partial charge in [0, 0.05) is 6.07 Å². The van der Waals surface area contributed by atoms with E-state index < -0.39 is 23.6 Å². The Hall–Kier alpha value is -2.02. The zero-order valence-electron chi connectivity index (χ0n) is 9.55. The van der Waals surface area contributed by atoms with Gasteiger partial charge in [-0.1, -0.05) is 12.1 Å². The van der Waals surface area contributed by atoms with Crippen LogP contribution < -0.4 is 9.22 Å². The molecule has 0 aromatic heterocycles. The van der Waals surface area contributed by atoms with Crippen molar-refractivity contribution in [1.82, 2.24) is 4.48 Å². The molecule has 98 valence electrons. The Morgan fingerprint density at radius 1 is 1.50 bits per heavy atom. The van der Waals surface area contributed by atoms with Crippen LogP contribution in [0, 0.1) is 0 Å². The molecule has 1 rings (SSSR count). The standard InChI is InChI=1S/C11H11F2NO4/c1-14(7-15,6-10(16)17)8-4-2-3-5-9(8)18-11(12)13/h2-5,7,11H,6H2,1H3/p+1. The molecule has 0 aliphatic carbocycles. The highest BCUT2D eigenvalue weighted by Crippen LogP contribution is 2.32. The number of benzene rings is 1. The second-order valence-corrected chi connectivity index (χ2v) is 3.77. The van der Waals surface area contributed by atoms with Gasteiger partial charge in [-0.3, -0.25) is 0 Å². The van der Waals surface area contributed by atoms with Crippen molar-refractivity contribution in [3.8, 4) is 5.75 Å². The van der Waals surface area contributed by atoms with Crippen molar-refractivity contribution in [2.45, 2.75) is 6.61 Å². The summed E-state index contributed by atoms with van der Waals surface area (Å²) in [5, 5.41) is 8.75. The summed E-state index contributed by atoms with van der Waals surface area (Å²) in [6.45, 7) is -3.61. The van der Waals surface area contributed by atoms with Crippen LogP contribution in [0.4, 0.5) is 14.5 Å². The lowest BCUT2D eigenvalue weighted by atomic mass is 10.2. The molecule has 5 nitrogen and oxygen atoms in total. The number of quaternary nitrogens is 1. The number of alkyl halides is 2. The summed E-state index contributed by atoms with van der Waals surface area (Å²) >= 11 is 0. The lowest BCUT2D eigenvalue weighted by molar-refractivity contribution is -0.139. The van der Waals surface area contributed by atoms with Crippen LogP contribution in [0.5, 0.6) is 5.75 Å². The Morgan fingerprint density at radius 3 is 2.61 bits per heavy atom. The van der Waals surface area contributed by atoms with E-state index in [-0.39, 0.29) is 11.4 Å². The Morgan fingerprint density at radius 2 is 2.11 bits per heavy atom. The monoisotopic (exact) mass is 260 g/mol. The van der Waals surface area contributed by atoms with Crippen LogP contribution in [0.3, 0.4) is 0 Å². The number of carbonyl (C=O) groups is 2. The van der Waals surface area contributed by atoms with Gasteiger partial charge in [0.2, 0.25) is 0 Å². The van der Waals surface area contributed by atoms with E-state index in [4.69, 9.17) is 5.11 Å². The van der Waals surface area contributed by atoms with Gasteiger partial charge in [-0.25, -0.2) is 14.1 Å². The second-order valence-electron chi connectivity index (χ2n) is 3.77. The number of hydrogen-bond donors (Lipinski definition) is 1. The minimum Gasteiger partial charge on any atom is -0.477 e. The molecule has 0 aliphatic heterocycles. The molecule has 0 saturated heterocycles. The minimum atomic E-state index is -3.05. The number of halogens is 2. The van der Waals surface area contributed by atoms with Crippen molar-refractivity contribution >= 4 is 18.1 Å². The average molecular weight is 260 g/mol. The summed E-state index contributed by atoms with van der Waals surface area (Å²) in [6, 6.07) is 5.59. The van der Waals surface area contributed by atoms with Gasteiger partial charge >= 0.3 is 19.0 Å². The Labute approximate surface area is 102 Å². The number of para-hydroxylation sites is 2. The molecule has 0 aliphatic rings. The second kappa shape index (κ2) is 5.54. The van der Waals surface area contributed by atoms with Gasteiger partial charge in [-0.05, 0) is 6.07 Å². The first kappa shape index (κ1) is 14.0. The first-order chi connectivity index (χ1) is 8.39. The predicted molar refractivity (Wildman–Crippen MR) is 59.4 cm³/mol. The van der Waals surface area contributed by atoms with Crippen LogP contribution in [-0.2, 0) is 9.59 Å². The van der Waals surface area contributed by atoms with Gasteiger partial charge in [0.15, 0.2) is 18.0 Å². The summed E-state index contributed by atoms with van der Waals surface area (Å²) in [4.78, 5) is 21.8. The van der Waals surface area contributed by atoms with Crippen LogP contribution in [0.2, 0.25) is 0 Å². The fraction of sp³-hybridized carbons (Fsp3) is 0.273. The van der Waals surface area contributed by atoms with Crippen LogP contribution in [0.25, 0.3) is 0 Å². The number of likely N-dealkylation sites (N-methyl/N-ethyl adjacent to an activating group) is 1. The number of carbonyl (C=O) groups excluding carboxylic acids is 1. The molecule has 1 amide bonds. The van der Waals surface area contributed by atoms with Crippen molar-refractivity contribution in [1.29, 1.82) is 0 Å². The van der Waals surface area contributed by atoms with Gasteiger partial charge in [0.25, 0.3) is 0 Å². The Balaban J connectivity index is 3.20. The molecule has 0 radical (unpaired) electrons. The van der Waals surface area contributed by atoms with Crippen LogP contribution in [0.15, 0.2) is 24.3 Å². The zero-order chi connectivity index (χ0) is 13.8. The number of nitrogens with zero attached hydrogens (tertiary/aromatic N) is 1. The van der Waals surface area contributed by atoms with E-state index in [1.165, 1.54) is 31.3 Å².